The van der Waals surface area contributed by atoms with E-state index in [1.165, 1.54) is 7.05 Å². The van der Waals surface area contributed by atoms with Gasteiger partial charge in [-0.25, -0.2) is 9.18 Å². The molecule has 1 heterocycles. The molecule has 0 saturated heterocycles. The Morgan fingerprint density at radius 1 is 1.27 bits per heavy atom. The topological polar surface area (TPSA) is 56.0 Å². The number of fused-ring (bicyclic) bond motifs is 1. The highest BCUT2D eigenvalue weighted by Gasteiger charge is 2.29. The highest BCUT2D eigenvalue weighted by Crippen LogP contribution is 2.30. The normalized spacial score (nSPS) is 19.8. The van der Waals surface area contributed by atoms with Crippen LogP contribution in [-0.2, 0) is 11.3 Å². The molecule has 1 fully saturated rings. The van der Waals surface area contributed by atoms with Crippen molar-refractivity contribution in [2.24, 2.45) is 5.92 Å². The lowest BCUT2D eigenvalue weighted by molar-refractivity contribution is -0.128. The molecular formula is C20H22FN3O2. The molecule has 0 aliphatic heterocycles. The SMILES string of the molecule is CNC(=O)C(F)n1c2c(n(CC3CC3)c1=O)=CCC(c1ccccc1)C=2. The molecule has 2 unspecified atom stereocenters. The van der Waals surface area contributed by atoms with Crippen LogP contribution in [0.15, 0.2) is 35.1 Å². The molecular weight excluding hydrogens is 333 g/mol. The molecule has 1 aromatic carbocycles. The molecule has 2 aliphatic rings. The van der Waals surface area contributed by atoms with E-state index in [9.17, 15) is 14.0 Å². The van der Waals surface area contributed by atoms with Crippen LogP contribution < -0.4 is 21.7 Å². The van der Waals surface area contributed by atoms with Gasteiger partial charge < -0.3 is 5.32 Å². The molecule has 0 radical (unpaired) electrons. The number of aromatic nitrogens is 2. The van der Waals surface area contributed by atoms with Crippen molar-refractivity contribution in [3.05, 3.63) is 57.1 Å². The fourth-order valence-corrected chi connectivity index (χ4v) is 3.60. The number of likely N-dealkylation sites (N-methyl/N-ethyl adjacent to an activating group) is 1. The Labute approximate surface area is 150 Å². The number of carbonyl (C=O) groups is 1. The number of rotatable bonds is 5. The Morgan fingerprint density at radius 2 is 2.00 bits per heavy atom. The Bertz CT molecular complexity index is 1000. The molecule has 1 aromatic heterocycles. The first-order valence-corrected chi connectivity index (χ1v) is 9.04. The van der Waals surface area contributed by atoms with Crippen molar-refractivity contribution >= 4 is 18.1 Å². The van der Waals surface area contributed by atoms with E-state index in [1.807, 2.05) is 42.5 Å². The average Bonchev–Trinajstić information content (AvgIpc) is 3.46. The molecule has 1 amide bonds. The Hall–Kier alpha value is -2.63. The molecule has 26 heavy (non-hydrogen) atoms. The minimum atomic E-state index is -2.03. The maximum Gasteiger partial charge on any atom is 0.331 e. The second kappa shape index (κ2) is 6.59. The van der Waals surface area contributed by atoms with Gasteiger partial charge in [0.2, 0.25) is 0 Å². The van der Waals surface area contributed by atoms with Crippen molar-refractivity contribution in [1.29, 1.82) is 0 Å². The van der Waals surface area contributed by atoms with Crippen molar-refractivity contribution in [3.63, 3.8) is 0 Å². The zero-order valence-electron chi connectivity index (χ0n) is 14.7. The summed E-state index contributed by atoms with van der Waals surface area (Å²) >= 11 is 0. The summed E-state index contributed by atoms with van der Waals surface area (Å²) in [5.74, 6) is -0.275. The molecule has 1 N–H and O–H groups in total. The van der Waals surface area contributed by atoms with Crippen molar-refractivity contribution in [2.75, 3.05) is 7.05 Å². The van der Waals surface area contributed by atoms with Crippen LogP contribution in [0.25, 0.3) is 12.2 Å². The first-order chi connectivity index (χ1) is 12.6. The number of amides is 1. The first kappa shape index (κ1) is 16.8. The van der Waals surface area contributed by atoms with Crippen molar-refractivity contribution in [2.45, 2.75) is 38.0 Å². The standard InChI is InChI=1S/C20H22FN3O2/c1-22-19(25)18(21)24-17-11-15(14-5-3-2-4-6-14)9-10-16(17)23(20(24)26)12-13-7-8-13/h2-6,10-11,13,15,18H,7-9,12H2,1H3,(H,22,25). The second-order valence-electron chi connectivity index (χ2n) is 7.05. The number of benzene rings is 1. The van der Waals surface area contributed by atoms with Crippen LogP contribution in [-0.4, -0.2) is 22.1 Å². The molecule has 6 heteroatoms. The van der Waals surface area contributed by atoms with Gasteiger partial charge in [-0.3, -0.25) is 13.9 Å². The van der Waals surface area contributed by atoms with Gasteiger partial charge in [-0.1, -0.05) is 42.5 Å². The van der Waals surface area contributed by atoms with Crippen molar-refractivity contribution < 1.29 is 9.18 Å². The van der Waals surface area contributed by atoms with Gasteiger partial charge >= 0.3 is 5.69 Å². The summed E-state index contributed by atoms with van der Waals surface area (Å²) < 4.78 is 17.4. The van der Waals surface area contributed by atoms with Crippen LogP contribution in [0, 0.1) is 5.92 Å². The van der Waals surface area contributed by atoms with Gasteiger partial charge in [-0.2, -0.15) is 0 Å². The van der Waals surface area contributed by atoms with Crippen LogP contribution in [0.3, 0.4) is 0 Å². The summed E-state index contributed by atoms with van der Waals surface area (Å²) in [4.78, 5) is 24.8. The van der Waals surface area contributed by atoms with E-state index in [-0.39, 0.29) is 5.92 Å². The third-order valence-electron chi connectivity index (χ3n) is 5.23. The van der Waals surface area contributed by atoms with Crippen molar-refractivity contribution in [1.82, 2.24) is 14.5 Å². The second-order valence-corrected chi connectivity index (χ2v) is 7.05. The summed E-state index contributed by atoms with van der Waals surface area (Å²) in [6, 6.07) is 9.93. The first-order valence-electron chi connectivity index (χ1n) is 9.04. The summed E-state index contributed by atoms with van der Waals surface area (Å²) in [6.45, 7) is 0.592. The number of hydrogen-bond donors (Lipinski definition) is 1. The fourth-order valence-electron chi connectivity index (χ4n) is 3.60. The Morgan fingerprint density at radius 3 is 2.65 bits per heavy atom. The number of alkyl halides is 1. The predicted molar refractivity (Wildman–Crippen MR) is 97.6 cm³/mol. The molecule has 0 bridgehead atoms. The number of halogens is 1. The maximum atomic E-state index is 14.8. The third kappa shape index (κ3) is 2.89. The van der Waals surface area contributed by atoms with Gasteiger partial charge in [-0.05, 0) is 30.7 Å². The van der Waals surface area contributed by atoms with Crippen LogP contribution in [0.5, 0.6) is 0 Å². The van der Waals surface area contributed by atoms with Crippen LogP contribution in [0.1, 0.15) is 37.0 Å². The van der Waals surface area contributed by atoms with E-state index in [0.717, 1.165) is 34.7 Å². The zero-order valence-corrected chi connectivity index (χ0v) is 14.7. The smallest absolute Gasteiger partial charge is 0.331 e. The molecule has 2 atom stereocenters. The van der Waals surface area contributed by atoms with E-state index in [2.05, 4.69) is 5.32 Å². The fraction of sp³-hybridized carbons (Fsp3) is 0.400. The molecule has 1 saturated carbocycles. The molecule has 2 aliphatic carbocycles. The monoisotopic (exact) mass is 355 g/mol. The molecule has 0 spiro atoms. The van der Waals surface area contributed by atoms with Gasteiger partial charge in [0.05, 0.1) is 10.7 Å². The van der Waals surface area contributed by atoms with E-state index >= 15 is 0 Å². The van der Waals surface area contributed by atoms with Crippen LogP contribution >= 0.6 is 0 Å². The Balaban J connectivity index is 1.88. The zero-order chi connectivity index (χ0) is 18.3. The third-order valence-corrected chi connectivity index (χ3v) is 5.23. The maximum absolute atomic E-state index is 14.8. The van der Waals surface area contributed by atoms with Gasteiger partial charge in [0.25, 0.3) is 12.2 Å². The van der Waals surface area contributed by atoms with E-state index < -0.39 is 17.9 Å². The molecule has 5 nitrogen and oxygen atoms in total. The Kier molecular flexibility index (Phi) is 4.26. The highest BCUT2D eigenvalue weighted by molar-refractivity contribution is 5.78. The summed E-state index contributed by atoms with van der Waals surface area (Å²) in [5, 5.41) is 3.54. The van der Waals surface area contributed by atoms with Crippen LogP contribution in [0.2, 0.25) is 0 Å². The van der Waals surface area contributed by atoms with Gasteiger partial charge in [0, 0.05) is 19.5 Å². The molecule has 4 rings (SSSR count). The lowest BCUT2D eigenvalue weighted by Crippen LogP contribution is -2.41. The molecule has 136 valence electrons. The van der Waals surface area contributed by atoms with Gasteiger partial charge in [0.1, 0.15) is 0 Å². The van der Waals surface area contributed by atoms with E-state index in [0.29, 0.717) is 17.8 Å². The van der Waals surface area contributed by atoms with E-state index in [4.69, 9.17) is 0 Å². The summed E-state index contributed by atoms with van der Waals surface area (Å²) in [6.07, 6.45) is 4.84. The van der Waals surface area contributed by atoms with E-state index in [1.54, 1.807) is 4.57 Å². The summed E-state index contributed by atoms with van der Waals surface area (Å²) in [7, 11) is 1.37. The summed E-state index contributed by atoms with van der Waals surface area (Å²) in [5.41, 5.74) is 0.665. The van der Waals surface area contributed by atoms with Gasteiger partial charge in [-0.15, -0.1) is 0 Å². The number of carbonyl (C=O) groups excluding carboxylic acids is 1. The quantitative estimate of drug-likeness (QED) is 0.871. The lowest BCUT2D eigenvalue weighted by atomic mass is 9.93. The predicted octanol–water partition coefficient (Wildman–Crippen LogP) is 1.02. The number of hydrogen-bond acceptors (Lipinski definition) is 2. The lowest BCUT2D eigenvalue weighted by Gasteiger charge is -2.15. The van der Waals surface area contributed by atoms with Crippen molar-refractivity contribution in [3.8, 4) is 0 Å². The van der Waals surface area contributed by atoms with Gasteiger partial charge in [0.15, 0.2) is 0 Å². The van der Waals surface area contributed by atoms with Crippen LogP contribution in [0.4, 0.5) is 4.39 Å². The number of nitrogens with one attached hydrogen (secondary N) is 1. The molecule has 2 aromatic rings. The minimum Gasteiger partial charge on any atom is -0.355 e. The number of nitrogens with zero attached hydrogens (tertiary/aromatic N) is 2. The average molecular weight is 355 g/mol. The highest BCUT2D eigenvalue weighted by atomic mass is 19.1. The number of imidazole rings is 1. The minimum absolute atomic E-state index is 0.0583. The largest absolute Gasteiger partial charge is 0.355 e.